The third kappa shape index (κ3) is 2.56. The van der Waals surface area contributed by atoms with Gasteiger partial charge in [0.1, 0.15) is 0 Å². The number of rotatable bonds is 3. The molecule has 2 aromatic rings. The third-order valence-corrected chi connectivity index (χ3v) is 4.53. The van der Waals surface area contributed by atoms with Crippen LogP contribution in [0.15, 0.2) is 39.1 Å². The molecule has 3 rings (SSSR count). The summed E-state index contributed by atoms with van der Waals surface area (Å²) in [6, 6.07) is 7.64. The minimum Gasteiger partial charge on any atom is -0.468 e. The highest BCUT2D eigenvalue weighted by Gasteiger charge is 2.20. The van der Waals surface area contributed by atoms with E-state index in [0.29, 0.717) is 11.3 Å². The van der Waals surface area contributed by atoms with Gasteiger partial charge in [0, 0.05) is 5.39 Å². The van der Waals surface area contributed by atoms with Gasteiger partial charge in [-0.05, 0) is 43.7 Å². The van der Waals surface area contributed by atoms with E-state index in [2.05, 4.69) is 6.92 Å². The molecule has 1 fully saturated rings. The molecule has 3 heteroatoms. The summed E-state index contributed by atoms with van der Waals surface area (Å²) in [5.74, 6) is 0.346. The van der Waals surface area contributed by atoms with Crippen LogP contribution >= 0.6 is 0 Å². The zero-order valence-corrected chi connectivity index (χ0v) is 13.3. The lowest BCUT2D eigenvalue weighted by molar-refractivity contribution is 0.287. The first-order valence-electron chi connectivity index (χ1n) is 8.07. The van der Waals surface area contributed by atoms with Crippen molar-refractivity contribution < 1.29 is 9.15 Å². The largest absolute Gasteiger partial charge is 0.468 e. The summed E-state index contributed by atoms with van der Waals surface area (Å²) < 4.78 is 10.8. The van der Waals surface area contributed by atoms with Gasteiger partial charge in [-0.1, -0.05) is 37.1 Å². The van der Waals surface area contributed by atoms with Crippen LogP contribution in [0.4, 0.5) is 0 Å². The minimum absolute atomic E-state index is 0.333. The van der Waals surface area contributed by atoms with E-state index in [-0.39, 0.29) is 5.63 Å². The molecule has 1 aromatic heterocycles. The summed E-state index contributed by atoms with van der Waals surface area (Å²) >= 11 is 0. The first-order valence-corrected chi connectivity index (χ1v) is 8.07. The molecule has 0 spiro atoms. The molecule has 1 aliphatic rings. The Kier molecular flexibility index (Phi) is 4.32. The topological polar surface area (TPSA) is 39.4 Å². The number of allylic oxidation sites excluding steroid dienone is 2. The van der Waals surface area contributed by atoms with Crippen molar-refractivity contribution in [3.8, 4) is 5.95 Å². The average molecular weight is 298 g/mol. The SMILES string of the molecule is CCC(=C1CCCCC1)c1c(OC)oc(=O)c2ccccc12. The quantitative estimate of drug-likeness (QED) is 0.806. The number of benzene rings is 1. The number of hydrogen-bond donors (Lipinski definition) is 0. The summed E-state index contributed by atoms with van der Waals surface area (Å²) in [6.07, 6.45) is 7.00. The van der Waals surface area contributed by atoms with Gasteiger partial charge < -0.3 is 9.15 Å². The van der Waals surface area contributed by atoms with Crippen LogP contribution in [0.2, 0.25) is 0 Å². The molecular formula is C19H22O3. The molecular weight excluding hydrogens is 276 g/mol. The first kappa shape index (κ1) is 14.9. The van der Waals surface area contributed by atoms with Crippen molar-refractivity contribution in [2.75, 3.05) is 7.11 Å². The van der Waals surface area contributed by atoms with Gasteiger partial charge in [-0.2, -0.15) is 0 Å². The van der Waals surface area contributed by atoms with Gasteiger partial charge in [-0.25, -0.2) is 4.79 Å². The Labute approximate surface area is 130 Å². The van der Waals surface area contributed by atoms with E-state index in [1.165, 1.54) is 30.4 Å². The van der Waals surface area contributed by atoms with Crippen molar-refractivity contribution in [1.29, 1.82) is 0 Å². The lowest BCUT2D eigenvalue weighted by Crippen LogP contribution is -2.06. The molecule has 0 saturated heterocycles. The van der Waals surface area contributed by atoms with Crippen molar-refractivity contribution in [3.05, 3.63) is 45.8 Å². The van der Waals surface area contributed by atoms with Crippen LogP contribution in [0, 0.1) is 0 Å². The maximum absolute atomic E-state index is 12.1. The second-order valence-corrected chi connectivity index (χ2v) is 5.80. The zero-order chi connectivity index (χ0) is 15.5. The lowest BCUT2D eigenvalue weighted by atomic mass is 9.86. The maximum atomic E-state index is 12.1. The van der Waals surface area contributed by atoms with E-state index in [1.54, 1.807) is 7.11 Å². The van der Waals surface area contributed by atoms with E-state index < -0.39 is 0 Å². The van der Waals surface area contributed by atoms with Gasteiger partial charge in [0.2, 0.25) is 0 Å². The average Bonchev–Trinajstić information content (AvgIpc) is 2.58. The first-order chi connectivity index (χ1) is 10.8. The number of methoxy groups -OCH3 is 1. The van der Waals surface area contributed by atoms with Crippen LogP contribution < -0.4 is 10.4 Å². The Balaban J connectivity index is 2.32. The highest BCUT2D eigenvalue weighted by atomic mass is 16.6. The second kappa shape index (κ2) is 6.39. The van der Waals surface area contributed by atoms with Crippen LogP contribution in [0.1, 0.15) is 51.0 Å². The van der Waals surface area contributed by atoms with Gasteiger partial charge in [0.25, 0.3) is 5.95 Å². The molecule has 0 amide bonds. The minimum atomic E-state index is -0.333. The Morgan fingerprint density at radius 1 is 1.14 bits per heavy atom. The molecule has 22 heavy (non-hydrogen) atoms. The van der Waals surface area contributed by atoms with Crippen LogP contribution in [-0.4, -0.2) is 7.11 Å². The summed E-state index contributed by atoms with van der Waals surface area (Å²) in [5, 5.41) is 1.56. The predicted octanol–water partition coefficient (Wildman–Crippen LogP) is 4.93. The lowest BCUT2D eigenvalue weighted by Gasteiger charge is -2.20. The fourth-order valence-corrected chi connectivity index (χ4v) is 3.49. The monoisotopic (exact) mass is 298 g/mol. The zero-order valence-electron chi connectivity index (χ0n) is 13.3. The molecule has 0 atom stereocenters. The fourth-order valence-electron chi connectivity index (χ4n) is 3.49. The Morgan fingerprint density at radius 2 is 1.82 bits per heavy atom. The van der Waals surface area contributed by atoms with Crippen LogP contribution in [0.5, 0.6) is 5.95 Å². The Hall–Kier alpha value is -2.03. The summed E-state index contributed by atoms with van der Waals surface area (Å²) in [6.45, 7) is 2.16. The fraction of sp³-hybridized carbons (Fsp3) is 0.421. The van der Waals surface area contributed by atoms with E-state index in [9.17, 15) is 4.79 Å². The molecule has 0 bridgehead atoms. The van der Waals surface area contributed by atoms with Crippen LogP contribution in [-0.2, 0) is 0 Å². The molecule has 3 nitrogen and oxygen atoms in total. The van der Waals surface area contributed by atoms with E-state index in [1.807, 2.05) is 24.3 Å². The normalized spacial score (nSPS) is 15.1. The molecule has 0 aliphatic heterocycles. The molecule has 116 valence electrons. The van der Waals surface area contributed by atoms with Crippen molar-refractivity contribution in [2.24, 2.45) is 0 Å². The van der Waals surface area contributed by atoms with Crippen molar-refractivity contribution in [1.82, 2.24) is 0 Å². The molecule has 1 aliphatic carbocycles. The molecule has 0 unspecified atom stereocenters. The number of ether oxygens (including phenoxy) is 1. The van der Waals surface area contributed by atoms with Gasteiger partial charge in [0.05, 0.1) is 18.1 Å². The highest BCUT2D eigenvalue weighted by Crippen LogP contribution is 2.39. The van der Waals surface area contributed by atoms with Crippen LogP contribution in [0.3, 0.4) is 0 Å². The third-order valence-electron chi connectivity index (χ3n) is 4.53. The maximum Gasteiger partial charge on any atom is 0.346 e. The van der Waals surface area contributed by atoms with Crippen molar-refractivity contribution >= 4 is 16.3 Å². The summed E-state index contributed by atoms with van der Waals surface area (Å²) in [4.78, 5) is 12.1. The Morgan fingerprint density at radius 3 is 2.45 bits per heavy atom. The molecule has 1 saturated carbocycles. The van der Waals surface area contributed by atoms with Crippen LogP contribution in [0.25, 0.3) is 16.3 Å². The highest BCUT2D eigenvalue weighted by molar-refractivity contribution is 5.95. The van der Waals surface area contributed by atoms with Gasteiger partial charge in [0.15, 0.2) is 0 Å². The van der Waals surface area contributed by atoms with Gasteiger partial charge >= 0.3 is 5.63 Å². The Bertz CT molecular complexity index is 760. The van der Waals surface area contributed by atoms with E-state index >= 15 is 0 Å². The molecule has 0 radical (unpaired) electrons. The van der Waals surface area contributed by atoms with E-state index in [4.69, 9.17) is 9.15 Å². The van der Waals surface area contributed by atoms with E-state index in [0.717, 1.165) is 30.2 Å². The molecule has 0 N–H and O–H groups in total. The van der Waals surface area contributed by atoms with Crippen molar-refractivity contribution in [2.45, 2.75) is 45.4 Å². The predicted molar refractivity (Wildman–Crippen MR) is 89.3 cm³/mol. The second-order valence-electron chi connectivity index (χ2n) is 5.80. The number of fused-ring (bicyclic) bond motifs is 1. The molecule has 1 aromatic carbocycles. The number of hydrogen-bond acceptors (Lipinski definition) is 3. The summed E-state index contributed by atoms with van der Waals surface area (Å²) in [7, 11) is 1.56. The molecule has 1 heterocycles. The van der Waals surface area contributed by atoms with Crippen molar-refractivity contribution in [3.63, 3.8) is 0 Å². The smallest absolute Gasteiger partial charge is 0.346 e. The summed E-state index contributed by atoms with van der Waals surface area (Å²) in [5.41, 5.74) is 3.42. The van der Waals surface area contributed by atoms with Gasteiger partial charge in [-0.3, -0.25) is 0 Å². The standard InChI is InChI=1S/C19H22O3/c1-3-14(13-9-5-4-6-10-13)17-15-11-7-8-12-16(15)18(20)22-19(17)21-2/h7-8,11-12H,3-6,9-10H2,1-2H3. The van der Waals surface area contributed by atoms with Gasteiger partial charge in [-0.15, -0.1) is 0 Å².